The highest BCUT2D eigenvalue weighted by Crippen LogP contribution is 2.35. The molecule has 1 heterocycles. The minimum atomic E-state index is -0.331. The minimum absolute atomic E-state index is 0.0285. The van der Waals surface area contributed by atoms with Crippen LogP contribution in [0.1, 0.15) is 36.9 Å². The lowest BCUT2D eigenvalue weighted by Gasteiger charge is -2.38. The first-order valence-corrected chi connectivity index (χ1v) is 9.82. The van der Waals surface area contributed by atoms with Gasteiger partial charge in [-0.2, -0.15) is 0 Å². The van der Waals surface area contributed by atoms with Crippen LogP contribution < -0.4 is 11.1 Å². The molecule has 2 unspecified atom stereocenters. The third kappa shape index (κ3) is 4.70. The van der Waals surface area contributed by atoms with E-state index in [1.807, 2.05) is 55.5 Å². The SMILES string of the molecule is CC(C(=O)NCC1(c2cccc(Cl)c2)CCOCC1)C(N)c1ccccc1. The molecule has 0 bridgehead atoms. The number of ether oxygens (including phenoxy) is 1. The summed E-state index contributed by atoms with van der Waals surface area (Å²) in [7, 11) is 0. The highest BCUT2D eigenvalue weighted by atomic mass is 35.5. The molecule has 0 saturated carbocycles. The lowest BCUT2D eigenvalue weighted by molar-refractivity contribution is -0.125. The van der Waals surface area contributed by atoms with Gasteiger partial charge in [-0.05, 0) is 36.1 Å². The average Bonchev–Trinajstić information content (AvgIpc) is 2.72. The Morgan fingerprint density at radius 2 is 1.89 bits per heavy atom. The van der Waals surface area contributed by atoms with E-state index in [0.29, 0.717) is 24.8 Å². The summed E-state index contributed by atoms with van der Waals surface area (Å²) in [6.07, 6.45) is 1.71. The van der Waals surface area contributed by atoms with Gasteiger partial charge in [-0.15, -0.1) is 0 Å². The molecular weight excluding hydrogens is 360 g/mol. The van der Waals surface area contributed by atoms with Crippen molar-refractivity contribution in [2.75, 3.05) is 19.8 Å². The molecule has 27 heavy (non-hydrogen) atoms. The van der Waals surface area contributed by atoms with Gasteiger partial charge in [0, 0.05) is 36.2 Å². The summed E-state index contributed by atoms with van der Waals surface area (Å²) >= 11 is 6.21. The smallest absolute Gasteiger partial charge is 0.224 e. The molecule has 0 aliphatic carbocycles. The maximum atomic E-state index is 12.8. The molecule has 2 aromatic carbocycles. The highest BCUT2D eigenvalue weighted by Gasteiger charge is 2.35. The molecular formula is C22H27ClN2O2. The van der Waals surface area contributed by atoms with E-state index in [0.717, 1.165) is 24.0 Å². The molecule has 1 aliphatic rings. The number of nitrogens with one attached hydrogen (secondary N) is 1. The van der Waals surface area contributed by atoms with Gasteiger partial charge in [-0.3, -0.25) is 4.79 Å². The summed E-state index contributed by atoms with van der Waals surface area (Å²) in [5, 5.41) is 3.86. The maximum absolute atomic E-state index is 12.8. The molecule has 144 valence electrons. The standard InChI is InChI=1S/C22H27ClN2O2/c1-16(20(24)17-6-3-2-4-7-17)21(26)25-15-22(10-12-27-13-11-22)18-8-5-9-19(23)14-18/h2-9,14,16,20H,10-13,15,24H2,1H3,(H,25,26). The largest absolute Gasteiger partial charge is 0.381 e. The number of hydrogen-bond donors (Lipinski definition) is 2. The van der Waals surface area contributed by atoms with Crippen molar-refractivity contribution >= 4 is 17.5 Å². The zero-order valence-corrected chi connectivity index (χ0v) is 16.4. The minimum Gasteiger partial charge on any atom is -0.381 e. The van der Waals surface area contributed by atoms with Gasteiger partial charge in [0.05, 0.1) is 5.92 Å². The van der Waals surface area contributed by atoms with Crippen molar-refractivity contribution in [2.24, 2.45) is 11.7 Å². The normalized spacial score (nSPS) is 18.5. The highest BCUT2D eigenvalue weighted by molar-refractivity contribution is 6.30. The summed E-state index contributed by atoms with van der Waals surface area (Å²) in [6.45, 7) is 3.80. The molecule has 1 aliphatic heterocycles. The Bertz CT molecular complexity index is 760. The maximum Gasteiger partial charge on any atom is 0.224 e. The monoisotopic (exact) mass is 386 g/mol. The molecule has 3 rings (SSSR count). The molecule has 2 aromatic rings. The molecule has 4 nitrogen and oxygen atoms in total. The zero-order valence-electron chi connectivity index (χ0n) is 15.7. The second kappa shape index (κ2) is 8.87. The Labute approximate surface area is 166 Å². The van der Waals surface area contributed by atoms with E-state index >= 15 is 0 Å². The number of amides is 1. The number of hydrogen-bond acceptors (Lipinski definition) is 3. The summed E-state index contributed by atoms with van der Waals surface area (Å²) in [5.41, 5.74) is 8.28. The van der Waals surface area contributed by atoms with Gasteiger partial charge in [-0.25, -0.2) is 0 Å². The van der Waals surface area contributed by atoms with Gasteiger partial charge in [0.1, 0.15) is 0 Å². The van der Waals surface area contributed by atoms with Crippen molar-refractivity contribution in [1.82, 2.24) is 5.32 Å². The Balaban J connectivity index is 1.71. The van der Waals surface area contributed by atoms with Crippen LogP contribution in [0, 0.1) is 5.92 Å². The average molecular weight is 387 g/mol. The van der Waals surface area contributed by atoms with Crippen LogP contribution in [0.5, 0.6) is 0 Å². The van der Waals surface area contributed by atoms with E-state index in [1.165, 1.54) is 0 Å². The first-order valence-electron chi connectivity index (χ1n) is 9.44. The number of carbonyl (C=O) groups excluding carboxylic acids is 1. The molecule has 1 amide bonds. The van der Waals surface area contributed by atoms with Crippen molar-refractivity contribution in [2.45, 2.75) is 31.2 Å². The Morgan fingerprint density at radius 3 is 2.56 bits per heavy atom. The molecule has 1 fully saturated rings. The van der Waals surface area contributed by atoms with Gasteiger partial charge in [-0.1, -0.05) is 61.0 Å². The number of halogens is 1. The quantitative estimate of drug-likeness (QED) is 0.792. The van der Waals surface area contributed by atoms with Crippen molar-refractivity contribution in [1.29, 1.82) is 0 Å². The first-order chi connectivity index (χ1) is 13.0. The zero-order chi connectivity index (χ0) is 19.3. The van der Waals surface area contributed by atoms with E-state index in [1.54, 1.807) is 0 Å². The third-order valence-electron chi connectivity index (χ3n) is 5.62. The Kier molecular flexibility index (Phi) is 6.53. The van der Waals surface area contributed by atoms with E-state index in [9.17, 15) is 4.79 Å². The lowest BCUT2D eigenvalue weighted by atomic mass is 9.74. The topological polar surface area (TPSA) is 64.3 Å². The molecule has 0 radical (unpaired) electrons. The summed E-state index contributed by atoms with van der Waals surface area (Å²) < 4.78 is 5.56. The molecule has 1 saturated heterocycles. The van der Waals surface area contributed by atoms with Crippen LogP contribution in [-0.2, 0) is 14.9 Å². The number of rotatable bonds is 6. The van der Waals surface area contributed by atoms with Crippen molar-refractivity contribution in [3.05, 3.63) is 70.7 Å². The Morgan fingerprint density at radius 1 is 1.19 bits per heavy atom. The molecule has 5 heteroatoms. The molecule has 2 atom stereocenters. The number of benzene rings is 2. The summed E-state index contributed by atoms with van der Waals surface area (Å²) in [6, 6.07) is 17.3. The summed E-state index contributed by atoms with van der Waals surface area (Å²) in [5.74, 6) is -0.345. The van der Waals surface area contributed by atoms with E-state index in [2.05, 4.69) is 11.4 Å². The van der Waals surface area contributed by atoms with Crippen LogP contribution in [0.3, 0.4) is 0 Å². The van der Waals surface area contributed by atoms with Gasteiger partial charge in [0.2, 0.25) is 5.91 Å². The fourth-order valence-corrected chi connectivity index (χ4v) is 3.88. The predicted octanol–water partition coefficient (Wildman–Crippen LogP) is 3.84. The second-order valence-electron chi connectivity index (χ2n) is 7.35. The van der Waals surface area contributed by atoms with Gasteiger partial charge < -0.3 is 15.8 Å². The lowest BCUT2D eigenvalue weighted by Crippen LogP contribution is -2.46. The van der Waals surface area contributed by atoms with Crippen molar-refractivity contribution in [3.8, 4) is 0 Å². The molecule has 0 aromatic heterocycles. The predicted molar refractivity (Wildman–Crippen MR) is 109 cm³/mol. The number of nitrogens with two attached hydrogens (primary N) is 1. The van der Waals surface area contributed by atoms with Gasteiger partial charge in [0.25, 0.3) is 0 Å². The van der Waals surface area contributed by atoms with E-state index < -0.39 is 0 Å². The van der Waals surface area contributed by atoms with Crippen LogP contribution in [0.4, 0.5) is 0 Å². The van der Waals surface area contributed by atoms with Crippen LogP contribution in [-0.4, -0.2) is 25.7 Å². The summed E-state index contributed by atoms with van der Waals surface area (Å²) in [4.78, 5) is 12.8. The van der Waals surface area contributed by atoms with E-state index in [4.69, 9.17) is 22.1 Å². The first kappa shape index (κ1) is 19.9. The van der Waals surface area contributed by atoms with Crippen LogP contribution in [0.25, 0.3) is 0 Å². The molecule has 0 spiro atoms. The van der Waals surface area contributed by atoms with Crippen LogP contribution in [0.15, 0.2) is 54.6 Å². The van der Waals surface area contributed by atoms with Crippen LogP contribution >= 0.6 is 11.6 Å². The van der Waals surface area contributed by atoms with Crippen molar-refractivity contribution < 1.29 is 9.53 Å². The van der Waals surface area contributed by atoms with Gasteiger partial charge in [0.15, 0.2) is 0 Å². The molecule has 3 N–H and O–H groups in total. The second-order valence-corrected chi connectivity index (χ2v) is 7.78. The fourth-order valence-electron chi connectivity index (χ4n) is 3.69. The van der Waals surface area contributed by atoms with Crippen LogP contribution in [0.2, 0.25) is 5.02 Å². The third-order valence-corrected chi connectivity index (χ3v) is 5.86. The van der Waals surface area contributed by atoms with Gasteiger partial charge >= 0.3 is 0 Å². The fraction of sp³-hybridized carbons (Fsp3) is 0.409. The Hall–Kier alpha value is -1.88. The number of carbonyl (C=O) groups is 1. The van der Waals surface area contributed by atoms with Crippen molar-refractivity contribution in [3.63, 3.8) is 0 Å². The van der Waals surface area contributed by atoms with E-state index in [-0.39, 0.29) is 23.3 Å².